The summed E-state index contributed by atoms with van der Waals surface area (Å²) < 4.78 is 28.8. The Labute approximate surface area is 189 Å². The highest BCUT2D eigenvalue weighted by molar-refractivity contribution is 7.92. The van der Waals surface area contributed by atoms with Crippen LogP contribution in [0.15, 0.2) is 42.5 Å². The number of hydrogen-bond donors (Lipinski definition) is 1. The van der Waals surface area contributed by atoms with Gasteiger partial charge >= 0.3 is 0 Å². The minimum absolute atomic E-state index is 0.0304. The molecule has 0 radical (unpaired) electrons. The van der Waals surface area contributed by atoms with E-state index in [1.807, 2.05) is 12.1 Å². The Morgan fingerprint density at radius 3 is 2.38 bits per heavy atom. The Morgan fingerprint density at radius 1 is 1.06 bits per heavy atom. The van der Waals surface area contributed by atoms with Crippen LogP contribution in [0.1, 0.15) is 50.6 Å². The van der Waals surface area contributed by atoms with E-state index in [0.29, 0.717) is 17.3 Å². The lowest BCUT2D eigenvalue weighted by atomic mass is 9.92. The molecule has 5 rings (SSSR count). The van der Waals surface area contributed by atoms with Crippen molar-refractivity contribution in [2.24, 2.45) is 0 Å². The van der Waals surface area contributed by atoms with E-state index in [1.54, 1.807) is 19.1 Å². The molecule has 0 unspecified atom stereocenters. The fourth-order valence-corrected chi connectivity index (χ4v) is 5.48. The Hall–Kier alpha value is -2.98. The van der Waals surface area contributed by atoms with E-state index in [2.05, 4.69) is 38.5 Å². The molecule has 0 bridgehead atoms. The minimum atomic E-state index is -3.32. The highest BCUT2D eigenvalue weighted by Gasteiger charge is 2.28. The van der Waals surface area contributed by atoms with Gasteiger partial charge in [-0.15, -0.1) is 0 Å². The van der Waals surface area contributed by atoms with Crippen LogP contribution in [-0.2, 0) is 10.0 Å². The SMILES string of the molecule is CCS(=O)(=O)Nc1ccc(-c2c(C#N)c3ccc(N4CCCC4)cc3n2C2CCC2)cc1. The van der Waals surface area contributed by atoms with Gasteiger partial charge in [0.1, 0.15) is 6.07 Å². The predicted octanol–water partition coefficient (Wildman–Crippen LogP) is 5.27. The summed E-state index contributed by atoms with van der Waals surface area (Å²) in [5, 5.41) is 11.1. The molecule has 0 amide bonds. The summed E-state index contributed by atoms with van der Waals surface area (Å²) in [5.41, 5.74) is 5.47. The molecule has 3 aromatic rings. The summed E-state index contributed by atoms with van der Waals surface area (Å²) in [6, 6.07) is 16.8. The van der Waals surface area contributed by atoms with E-state index >= 15 is 0 Å². The van der Waals surface area contributed by atoms with Crippen LogP contribution in [0.4, 0.5) is 11.4 Å². The average molecular weight is 449 g/mol. The van der Waals surface area contributed by atoms with Crippen molar-refractivity contribution in [1.82, 2.24) is 4.57 Å². The molecule has 0 spiro atoms. The van der Waals surface area contributed by atoms with Crippen LogP contribution in [0.2, 0.25) is 0 Å². The van der Waals surface area contributed by atoms with E-state index in [4.69, 9.17) is 0 Å². The van der Waals surface area contributed by atoms with Crippen molar-refractivity contribution < 1.29 is 8.42 Å². The highest BCUT2D eigenvalue weighted by Crippen LogP contribution is 2.43. The number of rotatable bonds is 6. The molecule has 1 N–H and O–H groups in total. The second-order valence-electron chi connectivity index (χ2n) is 8.77. The lowest BCUT2D eigenvalue weighted by Gasteiger charge is -2.30. The van der Waals surface area contributed by atoms with Crippen molar-refractivity contribution in [2.45, 2.75) is 45.1 Å². The standard InChI is InChI=1S/C25H28N4O2S/c1-2-32(30,31)27-19-10-8-18(9-11-19)25-23(17-26)22-13-12-21(28-14-3-4-15-28)16-24(22)29(25)20-6-5-7-20/h8-13,16,20,27H,2-7,14-15H2,1H3. The van der Waals surface area contributed by atoms with Gasteiger partial charge in [0, 0.05) is 35.9 Å². The van der Waals surface area contributed by atoms with Gasteiger partial charge in [0.05, 0.1) is 22.5 Å². The predicted molar refractivity (Wildman–Crippen MR) is 130 cm³/mol. The van der Waals surface area contributed by atoms with Gasteiger partial charge in [-0.3, -0.25) is 4.72 Å². The molecule has 6 nitrogen and oxygen atoms in total. The first-order chi connectivity index (χ1) is 15.5. The molecular weight excluding hydrogens is 420 g/mol. The van der Waals surface area contributed by atoms with Gasteiger partial charge in [-0.05, 0) is 74.9 Å². The average Bonchev–Trinajstić information content (AvgIpc) is 3.40. The topological polar surface area (TPSA) is 78.1 Å². The van der Waals surface area contributed by atoms with Crippen molar-refractivity contribution in [3.8, 4) is 17.3 Å². The number of hydrogen-bond acceptors (Lipinski definition) is 4. The van der Waals surface area contributed by atoms with E-state index < -0.39 is 10.0 Å². The van der Waals surface area contributed by atoms with Crippen LogP contribution in [0.5, 0.6) is 0 Å². The summed E-state index contributed by atoms with van der Waals surface area (Å²) in [7, 11) is -3.32. The summed E-state index contributed by atoms with van der Waals surface area (Å²) in [5.74, 6) is 0.0304. The molecule has 166 valence electrons. The van der Waals surface area contributed by atoms with Crippen molar-refractivity contribution in [3.05, 3.63) is 48.0 Å². The van der Waals surface area contributed by atoms with Crippen LogP contribution in [0.3, 0.4) is 0 Å². The Morgan fingerprint density at radius 2 is 1.78 bits per heavy atom. The maximum Gasteiger partial charge on any atom is 0.232 e. The second-order valence-corrected chi connectivity index (χ2v) is 10.8. The zero-order valence-corrected chi connectivity index (χ0v) is 19.2. The van der Waals surface area contributed by atoms with Crippen LogP contribution < -0.4 is 9.62 Å². The fourth-order valence-electron chi connectivity index (χ4n) is 4.84. The lowest BCUT2D eigenvalue weighted by Crippen LogP contribution is -2.19. The number of sulfonamides is 1. The lowest BCUT2D eigenvalue weighted by molar-refractivity contribution is 0.324. The second kappa shape index (κ2) is 8.18. The van der Waals surface area contributed by atoms with Crippen molar-refractivity contribution in [3.63, 3.8) is 0 Å². The maximum atomic E-state index is 11.9. The first kappa shape index (κ1) is 20.9. The molecule has 1 aromatic heterocycles. The molecule has 1 saturated carbocycles. The molecule has 1 aliphatic heterocycles. The van der Waals surface area contributed by atoms with Crippen molar-refractivity contribution in [2.75, 3.05) is 28.5 Å². The van der Waals surface area contributed by atoms with E-state index in [9.17, 15) is 13.7 Å². The summed E-state index contributed by atoms with van der Waals surface area (Å²) in [6.07, 6.45) is 5.89. The zero-order valence-electron chi connectivity index (χ0n) is 18.3. The first-order valence-corrected chi connectivity index (χ1v) is 13.1. The zero-order chi connectivity index (χ0) is 22.3. The molecule has 32 heavy (non-hydrogen) atoms. The van der Waals surface area contributed by atoms with Gasteiger partial charge in [-0.2, -0.15) is 5.26 Å². The summed E-state index contributed by atoms with van der Waals surface area (Å²) >= 11 is 0. The normalized spacial score (nSPS) is 16.8. The number of benzene rings is 2. The minimum Gasteiger partial charge on any atom is -0.371 e. The molecule has 2 aliphatic rings. The number of nitriles is 1. The fraction of sp³-hybridized carbons (Fsp3) is 0.400. The third-order valence-electron chi connectivity index (χ3n) is 6.82. The van der Waals surface area contributed by atoms with Crippen molar-refractivity contribution in [1.29, 1.82) is 5.26 Å². The number of nitrogens with zero attached hydrogens (tertiary/aromatic N) is 3. The molecule has 1 aliphatic carbocycles. The molecule has 1 saturated heterocycles. The third kappa shape index (κ3) is 3.63. The monoisotopic (exact) mass is 448 g/mol. The van der Waals surface area contributed by atoms with Gasteiger partial charge in [0.2, 0.25) is 10.0 Å². The largest absolute Gasteiger partial charge is 0.371 e. The first-order valence-electron chi connectivity index (χ1n) is 11.4. The van der Waals surface area contributed by atoms with E-state index in [-0.39, 0.29) is 5.75 Å². The highest BCUT2D eigenvalue weighted by atomic mass is 32.2. The summed E-state index contributed by atoms with van der Waals surface area (Å²) in [6.45, 7) is 3.79. The van der Waals surface area contributed by atoms with Crippen LogP contribution in [0, 0.1) is 11.3 Å². The van der Waals surface area contributed by atoms with Gasteiger partial charge < -0.3 is 9.47 Å². The van der Waals surface area contributed by atoms with E-state index in [0.717, 1.165) is 48.1 Å². The van der Waals surface area contributed by atoms with Crippen LogP contribution in [-0.4, -0.2) is 31.8 Å². The molecule has 2 fully saturated rings. The molecule has 2 aromatic carbocycles. The van der Waals surface area contributed by atoms with Gasteiger partial charge in [0.25, 0.3) is 0 Å². The Bertz CT molecular complexity index is 1290. The Kier molecular flexibility index (Phi) is 5.34. The number of fused-ring (bicyclic) bond motifs is 1. The quantitative estimate of drug-likeness (QED) is 0.557. The maximum absolute atomic E-state index is 11.9. The number of nitrogens with one attached hydrogen (secondary N) is 1. The number of aromatic nitrogens is 1. The van der Waals surface area contributed by atoms with Crippen LogP contribution in [0.25, 0.3) is 22.2 Å². The smallest absolute Gasteiger partial charge is 0.232 e. The molecule has 2 heterocycles. The molecular formula is C25H28N4O2S. The van der Waals surface area contributed by atoms with E-state index in [1.165, 1.54) is 24.9 Å². The van der Waals surface area contributed by atoms with Gasteiger partial charge in [-0.25, -0.2) is 8.42 Å². The Balaban J connectivity index is 1.64. The molecule has 7 heteroatoms. The third-order valence-corrected chi connectivity index (χ3v) is 8.13. The van der Waals surface area contributed by atoms with Gasteiger partial charge in [-0.1, -0.05) is 12.1 Å². The number of anilines is 2. The molecule has 0 atom stereocenters. The van der Waals surface area contributed by atoms with Gasteiger partial charge in [0.15, 0.2) is 0 Å². The summed E-state index contributed by atoms with van der Waals surface area (Å²) in [4.78, 5) is 2.43. The van der Waals surface area contributed by atoms with Crippen LogP contribution >= 0.6 is 0 Å². The van der Waals surface area contributed by atoms with Crippen molar-refractivity contribution >= 4 is 32.3 Å².